The SMILES string of the molecule is CCOC(=O)CCCCCN1CCCCC1C(N)=S. The molecule has 1 aliphatic heterocycles. The van der Waals surface area contributed by atoms with Crippen molar-refractivity contribution in [2.24, 2.45) is 5.73 Å². The van der Waals surface area contributed by atoms with Crippen molar-refractivity contribution in [3.63, 3.8) is 0 Å². The number of hydrogen-bond donors (Lipinski definition) is 1. The van der Waals surface area contributed by atoms with E-state index in [0.717, 1.165) is 38.8 Å². The minimum atomic E-state index is -0.0820. The average Bonchev–Trinajstić information content (AvgIpc) is 2.39. The first-order chi connectivity index (χ1) is 9.15. The molecule has 110 valence electrons. The molecule has 1 unspecified atom stereocenters. The quantitative estimate of drug-likeness (QED) is 0.421. The van der Waals surface area contributed by atoms with Crippen molar-refractivity contribution in [3.8, 4) is 0 Å². The third-order valence-corrected chi connectivity index (χ3v) is 3.85. The molecule has 19 heavy (non-hydrogen) atoms. The lowest BCUT2D eigenvalue weighted by Gasteiger charge is -2.34. The number of nitrogens with two attached hydrogens (primary N) is 1. The largest absolute Gasteiger partial charge is 0.466 e. The molecule has 1 fully saturated rings. The number of thiocarbonyl (C=S) groups is 1. The predicted molar refractivity (Wildman–Crippen MR) is 81.1 cm³/mol. The maximum absolute atomic E-state index is 11.2. The summed E-state index contributed by atoms with van der Waals surface area (Å²) >= 11 is 5.13. The van der Waals surface area contributed by atoms with Crippen molar-refractivity contribution in [2.45, 2.75) is 57.9 Å². The van der Waals surface area contributed by atoms with E-state index in [4.69, 9.17) is 22.7 Å². The van der Waals surface area contributed by atoms with Crippen molar-refractivity contribution in [2.75, 3.05) is 19.7 Å². The predicted octanol–water partition coefficient (Wildman–Crippen LogP) is 2.25. The van der Waals surface area contributed by atoms with Crippen LogP contribution in [0.2, 0.25) is 0 Å². The van der Waals surface area contributed by atoms with Gasteiger partial charge in [-0.25, -0.2) is 0 Å². The van der Waals surface area contributed by atoms with Gasteiger partial charge in [-0.15, -0.1) is 0 Å². The number of esters is 1. The van der Waals surface area contributed by atoms with Crippen LogP contribution in [0, 0.1) is 0 Å². The fraction of sp³-hybridized carbons (Fsp3) is 0.857. The summed E-state index contributed by atoms with van der Waals surface area (Å²) in [5.41, 5.74) is 5.79. The topological polar surface area (TPSA) is 55.6 Å². The van der Waals surface area contributed by atoms with Crippen LogP contribution in [-0.2, 0) is 9.53 Å². The van der Waals surface area contributed by atoms with E-state index in [1.807, 2.05) is 6.92 Å². The number of unbranched alkanes of at least 4 members (excludes halogenated alkanes) is 2. The summed E-state index contributed by atoms with van der Waals surface area (Å²) < 4.78 is 4.90. The van der Waals surface area contributed by atoms with E-state index in [2.05, 4.69) is 4.90 Å². The summed E-state index contributed by atoms with van der Waals surface area (Å²) in [7, 11) is 0. The molecule has 0 aromatic heterocycles. The maximum Gasteiger partial charge on any atom is 0.305 e. The molecule has 1 atom stereocenters. The molecule has 4 nitrogen and oxygen atoms in total. The Bertz CT molecular complexity index is 297. The van der Waals surface area contributed by atoms with E-state index in [1.54, 1.807) is 0 Å². The number of carbonyl (C=O) groups is 1. The normalized spacial score (nSPS) is 20.2. The first-order valence-electron chi connectivity index (χ1n) is 7.34. The van der Waals surface area contributed by atoms with Gasteiger partial charge in [0, 0.05) is 6.42 Å². The molecule has 1 aliphatic rings. The number of likely N-dealkylation sites (tertiary alicyclic amines) is 1. The number of carbonyl (C=O) groups excluding carboxylic acids is 1. The van der Waals surface area contributed by atoms with Crippen LogP contribution >= 0.6 is 12.2 Å². The van der Waals surface area contributed by atoms with Crippen LogP contribution < -0.4 is 5.73 Å². The Labute approximate surface area is 121 Å². The van der Waals surface area contributed by atoms with Crippen LogP contribution in [0.25, 0.3) is 0 Å². The van der Waals surface area contributed by atoms with Gasteiger partial charge >= 0.3 is 5.97 Å². The van der Waals surface area contributed by atoms with Crippen molar-refractivity contribution in [1.29, 1.82) is 0 Å². The molecule has 0 aromatic carbocycles. The van der Waals surface area contributed by atoms with Gasteiger partial charge in [0.2, 0.25) is 0 Å². The lowest BCUT2D eigenvalue weighted by molar-refractivity contribution is -0.143. The summed E-state index contributed by atoms with van der Waals surface area (Å²) in [5, 5.41) is 0. The van der Waals surface area contributed by atoms with Crippen molar-refractivity contribution in [1.82, 2.24) is 4.90 Å². The van der Waals surface area contributed by atoms with Crippen molar-refractivity contribution < 1.29 is 9.53 Å². The highest BCUT2D eigenvalue weighted by Gasteiger charge is 2.23. The summed E-state index contributed by atoms with van der Waals surface area (Å²) in [4.78, 5) is 14.2. The molecule has 0 radical (unpaired) electrons. The molecular formula is C14H26N2O2S. The molecule has 2 N–H and O–H groups in total. The first kappa shape index (κ1) is 16.4. The first-order valence-corrected chi connectivity index (χ1v) is 7.75. The van der Waals surface area contributed by atoms with Gasteiger partial charge < -0.3 is 10.5 Å². The van der Waals surface area contributed by atoms with Gasteiger partial charge in [-0.1, -0.05) is 25.1 Å². The fourth-order valence-electron chi connectivity index (χ4n) is 2.58. The van der Waals surface area contributed by atoms with Crippen LogP contribution in [0.4, 0.5) is 0 Å². The summed E-state index contributed by atoms with van der Waals surface area (Å²) in [5.74, 6) is -0.0820. The van der Waals surface area contributed by atoms with Crippen LogP contribution in [0.5, 0.6) is 0 Å². The van der Waals surface area contributed by atoms with E-state index >= 15 is 0 Å². The van der Waals surface area contributed by atoms with Gasteiger partial charge in [-0.05, 0) is 45.7 Å². The van der Waals surface area contributed by atoms with Crippen LogP contribution in [0.1, 0.15) is 51.9 Å². The number of piperidine rings is 1. The molecule has 1 rings (SSSR count). The Morgan fingerprint density at radius 2 is 2.16 bits per heavy atom. The van der Waals surface area contributed by atoms with Gasteiger partial charge in [0.1, 0.15) is 0 Å². The summed E-state index contributed by atoms with van der Waals surface area (Å²) in [6, 6.07) is 0.286. The van der Waals surface area contributed by atoms with E-state index < -0.39 is 0 Å². The Morgan fingerprint density at radius 3 is 2.84 bits per heavy atom. The van der Waals surface area contributed by atoms with Gasteiger partial charge in [0.05, 0.1) is 17.6 Å². The second kappa shape index (κ2) is 9.26. The Morgan fingerprint density at radius 1 is 1.37 bits per heavy atom. The molecule has 0 spiro atoms. The van der Waals surface area contributed by atoms with Gasteiger partial charge in [-0.3, -0.25) is 9.69 Å². The standard InChI is InChI=1S/C14H26N2O2S/c1-2-18-13(17)9-4-3-6-10-16-11-7-5-8-12(16)14(15)19/h12H,2-11H2,1H3,(H2,15,19). The molecule has 0 bridgehead atoms. The average molecular weight is 286 g/mol. The number of rotatable bonds is 8. The fourth-order valence-corrected chi connectivity index (χ4v) is 2.84. The third-order valence-electron chi connectivity index (χ3n) is 3.57. The third kappa shape index (κ3) is 6.34. The second-order valence-corrected chi connectivity index (χ2v) is 5.54. The summed E-state index contributed by atoms with van der Waals surface area (Å²) in [6.07, 6.45) is 7.15. The van der Waals surface area contributed by atoms with Crippen molar-refractivity contribution in [3.05, 3.63) is 0 Å². The Hall–Kier alpha value is -0.680. The summed E-state index contributed by atoms with van der Waals surface area (Å²) in [6.45, 7) is 4.44. The van der Waals surface area contributed by atoms with Crippen LogP contribution in [-0.4, -0.2) is 41.6 Å². The lowest BCUT2D eigenvalue weighted by Crippen LogP contribution is -2.47. The molecule has 0 saturated carbocycles. The molecule has 0 aromatic rings. The second-order valence-electron chi connectivity index (χ2n) is 5.07. The van der Waals surface area contributed by atoms with Crippen LogP contribution in [0.3, 0.4) is 0 Å². The number of ether oxygens (including phenoxy) is 1. The minimum absolute atomic E-state index is 0.0820. The van der Waals surface area contributed by atoms with Crippen LogP contribution in [0.15, 0.2) is 0 Å². The van der Waals surface area contributed by atoms with E-state index in [1.165, 1.54) is 12.8 Å². The minimum Gasteiger partial charge on any atom is -0.466 e. The Kier molecular flexibility index (Phi) is 7.98. The maximum atomic E-state index is 11.2. The zero-order chi connectivity index (χ0) is 14.1. The highest BCUT2D eigenvalue weighted by Crippen LogP contribution is 2.18. The highest BCUT2D eigenvalue weighted by atomic mass is 32.1. The molecule has 1 heterocycles. The Balaban J connectivity index is 2.13. The smallest absolute Gasteiger partial charge is 0.305 e. The van der Waals surface area contributed by atoms with E-state index in [-0.39, 0.29) is 12.0 Å². The lowest BCUT2D eigenvalue weighted by atomic mass is 10.0. The monoisotopic (exact) mass is 286 g/mol. The van der Waals surface area contributed by atoms with Gasteiger partial charge in [0.15, 0.2) is 0 Å². The van der Waals surface area contributed by atoms with Gasteiger partial charge in [-0.2, -0.15) is 0 Å². The van der Waals surface area contributed by atoms with Gasteiger partial charge in [0.25, 0.3) is 0 Å². The zero-order valence-electron chi connectivity index (χ0n) is 11.9. The highest BCUT2D eigenvalue weighted by molar-refractivity contribution is 7.80. The number of nitrogens with zero attached hydrogens (tertiary/aromatic N) is 1. The molecule has 0 amide bonds. The zero-order valence-corrected chi connectivity index (χ0v) is 12.7. The van der Waals surface area contributed by atoms with E-state index in [0.29, 0.717) is 18.0 Å². The number of hydrogen-bond acceptors (Lipinski definition) is 4. The molecule has 0 aliphatic carbocycles. The molecule has 1 saturated heterocycles. The van der Waals surface area contributed by atoms with Crippen molar-refractivity contribution >= 4 is 23.2 Å². The molecular weight excluding hydrogens is 260 g/mol. The molecule has 5 heteroatoms. The van der Waals surface area contributed by atoms with E-state index in [9.17, 15) is 4.79 Å².